The molecular weight excluding hydrogens is 340 g/mol. The fourth-order valence-corrected chi connectivity index (χ4v) is 4.03. The molecule has 120 valence electrons. The van der Waals surface area contributed by atoms with Crippen molar-refractivity contribution in [3.05, 3.63) is 48.5 Å². The Morgan fingerprint density at radius 1 is 1.12 bits per heavy atom. The van der Waals surface area contributed by atoms with Crippen molar-refractivity contribution < 1.29 is 4.79 Å². The quantitative estimate of drug-likeness (QED) is 0.536. The minimum Gasteiger partial charge on any atom is -0.333 e. The van der Waals surface area contributed by atoms with Crippen LogP contribution in [0, 0.1) is 0 Å². The summed E-state index contributed by atoms with van der Waals surface area (Å²) in [6.45, 7) is 1.86. The molecule has 4 aromatic rings. The van der Waals surface area contributed by atoms with E-state index in [9.17, 15) is 4.79 Å². The Kier molecular flexibility index (Phi) is 3.95. The van der Waals surface area contributed by atoms with Gasteiger partial charge in [-0.1, -0.05) is 47.4 Å². The number of benzene rings is 2. The van der Waals surface area contributed by atoms with Crippen molar-refractivity contribution in [2.75, 3.05) is 5.32 Å². The van der Waals surface area contributed by atoms with Crippen LogP contribution in [-0.2, 0) is 4.79 Å². The summed E-state index contributed by atoms with van der Waals surface area (Å²) in [7, 11) is 0. The van der Waals surface area contributed by atoms with Crippen LogP contribution in [0.4, 0.5) is 5.13 Å². The molecule has 0 fully saturated rings. The molecule has 2 heterocycles. The van der Waals surface area contributed by atoms with Gasteiger partial charge < -0.3 is 10.3 Å². The highest BCUT2D eigenvalue weighted by Gasteiger charge is 2.18. The maximum absolute atomic E-state index is 12.4. The fraction of sp³-hybridized carbons (Fsp3) is 0.118. The molecule has 0 aliphatic carbocycles. The number of anilines is 1. The summed E-state index contributed by atoms with van der Waals surface area (Å²) >= 11 is 2.88. The van der Waals surface area contributed by atoms with Crippen LogP contribution >= 0.6 is 23.1 Å². The number of para-hydroxylation sites is 3. The number of nitrogens with zero attached hydrogens (tertiary/aromatic N) is 2. The molecule has 0 spiro atoms. The van der Waals surface area contributed by atoms with E-state index < -0.39 is 0 Å². The number of carbonyl (C=O) groups excluding carboxylic acids is 1. The SMILES string of the molecule is C[C@@H](Sc1nc2ccccc2[nH]1)C(=O)Nc1nc2ccccc2s1. The molecule has 5 nitrogen and oxygen atoms in total. The zero-order chi connectivity index (χ0) is 16.5. The molecule has 7 heteroatoms. The van der Waals surface area contributed by atoms with E-state index in [0.717, 1.165) is 26.4 Å². The Hall–Kier alpha value is -2.38. The van der Waals surface area contributed by atoms with Crippen molar-refractivity contribution in [2.24, 2.45) is 0 Å². The van der Waals surface area contributed by atoms with Crippen molar-refractivity contribution >= 4 is 55.4 Å². The van der Waals surface area contributed by atoms with Gasteiger partial charge in [0.15, 0.2) is 10.3 Å². The predicted octanol–water partition coefficient (Wildman–Crippen LogP) is 4.29. The highest BCUT2D eigenvalue weighted by molar-refractivity contribution is 8.00. The first-order valence-corrected chi connectivity index (χ1v) is 9.16. The number of H-pyrrole nitrogens is 1. The van der Waals surface area contributed by atoms with Gasteiger partial charge in [0.25, 0.3) is 0 Å². The number of aromatic nitrogens is 3. The van der Waals surface area contributed by atoms with Crippen molar-refractivity contribution in [1.29, 1.82) is 0 Å². The summed E-state index contributed by atoms with van der Waals surface area (Å²) in [5.74, 6) is -0.0838. The van der Waals surface area contributed by atoms with Crippen LogP contribution < -0.4 is 5.32 Å². The van der Waals surface area contributed by atoms with Crippen LogP contribution in [0.25, 0.3) is 21.3 Å². The van der Waals surface area contributed by atoms with Crippen LogP contribution in [0.3, 0.4) is 0 Å². The highest BCUT2D eigenvalue weighted by Crippen LogP contribution is 2.27. The van der Waals surface area contributed by atoms with Gasteiger partial charge in [-0.25, -0.2) is 9.97 Å². The lowest BCUT2D eigenvalue weighted by Crippen LogP contribution is -2.22. The lowest BCUT2D eigenvalue weighted by Gasteiger charge is -2.08. The number of nitrogens with one attached hydrogen (secondary N) is 2. The molecular formula is C17H14N4OS2. The monoisotopic (exact) mass is 354 g/mol. The number of aromatic amines is 1. The van der Waals surface area contributed by atoms with Crippen molar-refractivity contribution in [3.63, 3.8) is 0 Å². The molecule has 0 aliphatic heterocycles. The number of carbonyl (C=O) groups is 1. The first-order valence-electron chi connectivity index (χ1n) is 7.47. The van der Waals surface area contributed by atoms with Gasteiger partial charge in [0.1, 0.15) is 0 Å². The molecule has 4 rings (SSSR count). The molecule has 0 radical (unpaired) electrons. The van der Waals surface area contributed by atoms with Gasteiger partial charge in [0.05, 0.1) is 26.5 Å². The van der Waals surface area contributed by atoms with E-state index >= 15 is 0 Å². The smallest absolute Gasteiger partial charge is 0.239 e. The molecule has 0 saturated heterocycles. The second-order valence-corrected chi connectivity index (χ2v) is 7.66. The summed E-state index contributed by atoms with van der Waals surface area (Å²) in [5, 5.41) is 3.97. The first kappa shape index (κ1) is 15.2. The Labute approximate surface area is 146 Å². The summed E-state index contributed by atoms with van der Waals surface area (Å²) in [6, 6.07) is 15.7. The molecule has 0 saturated carbocycles. The van der Waals surface area contributed by atoms with Crippen LogP contribution in [-0.4, -0.2) is 26.1 Å². The number of thioether (sulfide) groups is 1. The Bertz CT molecular complexity index is 957. The molecule has 1 amide bonds. The van der Waals surface area contributed by atoms with Gasteiger partial charge in [-0.15, -0.1) is 0 Å². The van der Waals surface area contributed by atoms with E-state index in [0.29, 0.717) is 5.13 Å². The molecule has 24 heavy (non-hydrogen) atoms. The minimum absolute atomic E-state index is 0.0838. The van der Waals surface area contributed by atoms with Gasteiger partial charge in [-0.3, -0.25) is 4.79 Å². The van der Waals surface area contributed by atoms with E-state index in [1.807, 2.05) is 55.5 Å². The molecule has 0 bridgehead atoms. The molecule has 0 aliphatic rings. The minimum atomic E-state index is -0.280. The summed E-state index contributed by atoms with van der Waals surface area (Å²) in [6.07, 6.45) is 0. The maximum Gasteiger partial charge on any atom is 0.239 e. The Balaban J connectivity index is 1.47. The first-order chi connectivity index (χ1) is 11.7. The van der Waals surface area contributed by atoms with Crippen LogP contribution in [0.15, 0.2) is 53.7 Å². The second-order valence-electron chi connectivity index (χ2n) is 5.30. The number of thiazole rings is 1. The highest BCUT2D eigenvalue weighted by atomic mass is 32.2. The largest absolute Gasteiger partial charge is 0.333 e. The predicted molar refractivity (Wildman–Crippen MR) is 99.7 cm³/mol. The van der Waals surface area contributed by atoms with E-state index in [-0.39, 0.29) is 11.2 Å². The van der Waals surface area contributed by atoms with Crippen molar-refractivity contribution in [3.8, 4) is 0 Å². The van der Waals surface area contributed by atoms with E-state index in [1.165, 1.54) is 23.1 Å². The average Bonchev–Trinajstić information content (AvgIpc) is 3.16. The van der Waals surface area contributed by atoms with Crippen LogP contribution in [0.5, 0.6) is 0 Å². The third-order valence-electron chi connectivity index (χ3n) is 3.55. The Morgan fingerprint density at radius 2 is 1.88 bits per heavy atom. The molecule has 2 N–H and O–H groups in total. The van der Waals surface area contributed by atoms with Gasteiger partial charge >= 0.3 is 0 Å². The lowest BCUT2D eigenvalue weighted by molar-refractivity contribution is -0.115. The van der Waals surface area contributed by atoms with Gasteiger partial charge in [-0.05, 0) is 31.2 Å². The number of fused-ring (bicyclic) bond motifs is 2. The third-order valence-corrected chi connectivity index (χ3v) is 5.49. The summed E-state index contributed by atoms with van der Waals surface area (Å²) in [4.78, 5) is 24.5. The van der Waals surface area contributed by atoms with Gasteiger partial charge in [-0.2, -0.15) is 0 Å². The molecule has 1 atom stereocenters. The molecule has 0 unspecified atom stereocenters. The number of hydrogen-bond acceptors (Lipinski definition) is 5. The fourth-order valence-electron chi connectivity index (χ4n) is 2.34. The Morgan fingerprint density at radius 3 is 2.67 bits per heavy atom. The molecule has 2 aromatic carbocycles. The van der Waals surface area contributed by atoms with E-state index in [2.05, 4.69) is 20.3 Å². The van der Waals surface area contributed by atoms with Crippen molar-refractivity contribution in [1.82, 2.24) is 15.0 Å². The van der Waals surface area contributed by atoms with Crippen LogP contribution in [0.1, 0.15) is 6.92 Å². The topological polar surface area (TPSA) is 70.7 Å². The van der Waals surface area contributed by atoms with Gasteiger partial charge in [0.2, 0.25) is 5.91 Å². The van der Waals surface area contributed by atoms with E-state index in [1.54, 1.807) is 0 Å². The van der Waals surface area contributed by atoms with E-state index in [4.69, 9.17) is 0 Å². The lowest BCUT2D eigenvalue weighted by atomic mass is 10.3. The second kappa shape index (κ2) is 6.26. The number of amides is 1. The normalized spacial score (nSPS) is 12.5. The third kappa shape index (κ3) is 3.00. The standard InChI is InChI=1S/C17H14N4OS2/c1-10(23-16-18-11-6-2-3-7-12(11)19-16)15(22)21-17-20-13-8-4-5-9-14(13)24-17/h2-10H,1H3,(H,18,19)(H,20,21,22)/t10-/m1/s1. The zero-order valence-corrected chi connectivity index (χ0v) is 14.4. The van der Waals surface area contributed by atoms with Crippen LogP contribution in [0.2, 0.25) is 0 Å². The van der Waals surface area contributed by atoms with Gasteiger partial charge in [0, 0.05) is 0 Å². The number of rotatable bonds is 4. The molecule has 2 aromatic heterocycles. The summed E-state index contributed by atoms with van der Waals surface area (Å²) < 4.78 is 1.06. The maximum atomic E-state index is 12.4. The average molecular weight is 354 g/mol. The van der Waals surface area contributed by atoms with Crippen molar-refractivity contribution in [2.45, 2.75) is 17.3 Å². The zero-order valence-electron chi connectivity index (χ0n) is 12.8. The number of imidazole rings is 1. The summed E-state index contributed by atoms with van der Waals surface area (Å²) in [5.41, 5.74) is 2.77. The number of hydrogen-bond donors (Lipinski definition) is 2.